The zero-order valence-electron chi connectivity index (χ0n) is 15.9. The number of piperidine rings is 1. The molecule has 1 atom stereocenters. The summed E-state index contributed by atoms with van der Waals surface area (Å²) in [4.78, 5) is 25.7. The second-order valence-corrected chi connectivity index (χ2v) is 8.42. The van der Waals surface area contributed by atoms with E-state index in [0.29, 0.717) is 11.8 Å². The van der Waals surface area contributed by atoms with E-state index in [-0.39, 0.29) is 11.3 Å². The molecule has 0 spiro atoms. The van der Waals surface area contributed by atoms with Crippen LogP contribution in [0.1, 0.15) is 78.6 Å². The molecule has 1 saturated carbocycles. The highest BCUT2D eigenvalue weighted by Gasteiger charge is 2.36. The third-order valence-electron chi connectivity index (χ3n) is 6.60. The van der Waals surface area contributed by atoms with Crippen molar-refractivity contribution in [1.82, 2.24) is 10.2 Å². The summed E-state index contributed by atoms with van der Waals surface area (Å²) in [6, 6.07) is 0. The standard InChI is InChI=1S/C20H36N2O2/c1-16(15-21-17(2)23)20(3)11-13-22(14-12-20)19(24)10-9-18-7-5-4-6-8-18/h16,18H,4-15H2,1-3H3,(H,21,23). The summed E-state index contributed by atoms with van der Waals surface area (Å²) in [7, 11) is 0. The van der Waals surface area contributed by atoms with Gasteiger partial charge in [-0.1, -0.05) is 46.0 Å². The minimum atomic E-state index is 0.0424. The molecule has 1 saturated heterocycles. The van der Waals surface area contributed by atoms with Crippen molar-refractivity contribution in [3.05, 3.63) is 0 Å². The fourth-order valence-corrected chi connectivity index (χ4v) is 4.26. The number of hydrogen-bond donors (Lipinski definition) is 1. The molecule has 2 amide bonds. The first-order chi connectivity index (χ1) is 11.4. The molecule has 1 N–H and O–H groups in total. The SMILES string of the molecule is CC(=O)NCC(C)C1(C)CCN(C(=O)CCC2CCCCC2)CC1. The van der Waals surface area contributed by atoms with E-state index in [4.69, 9.17) is 0 Å². The first-order valence-corrected chi connectivity index (χ1v) is 9.93. The Morgan fingerprint density at radius 2 is 1.79 bits per heavy atom. The number of amides is 2. The van der Waals surface area contributed by atoms with Crippen LogP contribution in [0.4, 0.5) is 0 Å². The maximum atomic E-state index is 12.5. The summed E-state index contributed by atoms with van der Waals surface area (Å²) < 4.78 is 0. The second-order valence-electron chi connectivity index (χ2n) is 8.42. The molecule has 138 valence electrons. The molecule has 1 aliphatic heterocycles. The third kappa shape index (κ3) is 5.49. The van der Waals surface area contributed by atoms with Crippen LogP contribution in [0.2, 0.25) is 0 Å². The fourth-order valence-electron chi connectivity index (χ4n) is 4.26. The highest BCUT2D eigenvalue weighted by Crippen LogP contribution is 2.38. The molecule has 2 aliphatic rings. The van der Waals surface area contributed by atoms with Gasteiger partial charge in [0, 0.05) is 33.0 Å². The largest absolute Gasteiger partial charge is 0.356 e. The Hall–Kier alpha value is -1.06. The van der Waals surface area contributed by atoms with Gasteiger partial charge in [0.25, 0.3) is 0 Å². The van der Waals surface area contributed by atoms with Gasteiger partial charge < -0.3 is 10.2 Å². The lowest BCUT2D eigenvalue weighted by Gasteiger charge is -2.43. The van der Waals surface area contributed by atoms with Crippen molar-refractivity contribution in [2.75, 3.05) is 19.6 Å². The summed E-state index contributed by atoms with van der Waals surface area (Å²) in [5, 5.41) is 2.94. The molecule has 4 heteroatoms. The molecule has 4 nitrogen and oxygen atoms in total. The molecular formula is C20H36N2O2. The maximum Gasteiger partial charge on any atom is 0.222 e. The van der Waals surface area contributed by atoms with E-state index in [1.807, 2.05) is 0 Å². The van der Waals surface area contributed by atoms with Crippen molar-refractivity contribution >= 4 is 11.8 Å². The van der Waals surface area contributed by atoms with Crippen LogP contribution in [0.25, 0.3) is 0 Å². The molecule has 0 radical (unpaired) electrons. The number of nitrogens with zero attached hydrogens (tertiary/aromatic N) is 1. The highest BCUT2D eigenvalue weighted by atomic mass is 16.2. The average molecular weight is 337 g/mol. The van der Waals surface area contributed by atoms with E-state index in [1.165, 1.54) is 32.1 Å². The van der Waals surface area contributed by atoms with E-state index < -0.39 is 0 Å². The minimum absolute atomic E-state index is 0.0424. The molecule has 1 heterocycles. The van der Waals surface area contributed by atoms with Crippen LogP contribution in [0.3, 0.4) is 0 Å². The molecule has 0 aromatic heterocycles. The van der Waals surface area contributed by atoms with Gasteiger partial charge in [-0.2, -0.15) is 0 Å². The van der Waals surface area contributed by atoms with E-state index in [2.05, 4.69) is 24.1 Å². The molecule has 2 rings (SSSR count). The van der Waals surface area contributed by atoms with Gasteiger partial charge in [-0.05, 0) is 36.5 Å². The second kappa shape index (κ2) is 8.87. The quantitative estimate of drug-likeness (QED) is 0.803. The van der Waals surface area contributed by atoms with Crippen molar-refractivity contribution in [3.63, 3.8) is 0 Å². The Kier molecular flexibility index (Phi) is 7.12. The number of carbonyl (C=O) groups excluding carboxylic acids is 2. The topological polar surface area (TPSA) is 49.4 Å². The number of rotatable bonds is 6. The summed E-state index contributed by atoms with van der Waals surface area (Å²) in [5.41, 5.74) is 0.225. The maximum absolute atomic E-state index is 12.5. The summed E-state index contributed by atoms with van der Waals surface area (Å²) in [5.74, 6) is 1.63. The number of carbonyl (C=O) groups is 2. The lowest BCUT2D eigenvalue weighted by molar-refractivity contribution is -0.134. The lowest BCUT2D eigenvalue weighted by atomic mass is 9.71. The number of hydrogen-bond acceptors (Lipinski definition) is 2. The smallest absolute Gasteiger partial charge is 0.222 e. The van der Waals surface area contributed by atoms with Gasteiger partial charge in [0.2, 0.25) is 11.8 Å². The molecule has 0 aromatic rings. The van der Waals surface area contributed by atoms with Crippen LogP contribution in [0.15, 0.2) is 0 Å². The van der Waals surface area contributed by atoms with Gasteiger partial charge in [-0.15, -0.1) is 0 Å². The van der Waals surface area contributed by atoms with Gasteiger partial charge in [0.05, 0.1) is 0 Å². The third-order valence-corrected chi connectivity index (χ3v) is 6.60. The Bertz CT molecular complexity index is 421. The molecule has 0 aromatic carbocycles. The Labute approximate surface area is 147 Å². The molecule has 0 bridgehead atoms. The molecule has 1 unspecified atom stereocenters. The Balaban J connectivity index is 1.72. The van der Waals surface area contributed by atoms with E-state index in [9.17, 15) is 9.59 Å². The van der Waals surface area contributed by atoms with Crippen LogP contribution in [0.5, 0.6) is 0 Å². The molecule has 2 fully saturated rings. The normalized spacial score (nSPS) is 22.9. The van der Waals surface area contributed by atoms with Gasteiger partial charge in [0.15, 0.2) is 0 Å². The average Bonchev–Trinajstić information content (AvgIpc) is 2.59. The first kappa shape index (κ1) is 19.3. The van der Waals surface area contributed by atoms with E-state index in [1.54, 1.807) is 6.92 Å². The van der Waals surface area contributed by atoms with Crippen LogP contribution in [-0.4, -0.2) is 36.3 Å². The van der Waals surface area contributed by atoms with Crippen molar-refractivity contribution in [2.45, 2.75) is 78.6 Å². The zero-order valence-corrected chi connectivity index (χ0v) is 15.9. The van der Waals surface area contributed by atoms with Crippen molar-refractivity contribution < 1.29 is 9.59 Å². The lowest BCUT2D eigenvalue weighted by Crippen LogP contribution is -2.46. The van der Waals surface area contributed by atoms with Gasteiger partial charge in [-0.3, -0.25) is 9.59 Å². The van der Waals surface area contributed by atoms with E-state index >= 15 is 0 Å². The Morgan fingerprint density at radius 3 is 2.38 bits per heavy atom. The first-order valence-electron chi connectivity index (χ1n) is 9.93. The zero-order chi connectivity index (χ0) is 17.6. The van der Waals surface area contributed by atoms with Gasteiger partial charge in [-0.25, -0.2) is 0 Å². The van der Waals surface area contributed by atoms with Crippen LogP contribution < -0.4 is 5.32 Å². The van der Waals surface area contributed by atoms with Crippen LogP contribution in [-0.2, 0) is 9.59 Å². The Morgan fingerprint density at radius 1 is 1.17 bits per heavy atom. The van der Waals surface area contributed by atoms with Crippen LogP contribution in [0, 0.1) is 17.3 Å². The summed E-state index contributed by atoms with van der Waals surface area (Å²) in [6.07, 6.45) is 10.7. The van der Waals surface area contributed by atoms with Crippen LogP contribution >= 0.6 is 0 Å². The predicted octanol–water partition coefficient (Wildman–Crippen LogP) is 3.75. The molecule has 1 aliphatic carbocycles. The number of nitrogens with one attached hydrogen (secondary N) is 1. The van der Waals surface area contributed by atoms with Crippen molar-refractivity contribution in [2.24, 2.45) is 17.3 Å². The van der Waals surface area contributed by atoms with Crippen molar-refractivity contribution in [1.29, 1.82) is 0 Å². The van der Waals surface area contributed by atoms with Gasteiger partial charge in [0.1, 0.15) is 0 Å². The highest BCUT2D eigenvalue weighted by molar-refractivity contribution is 5.76. The van der Waals surface area contributed by atoms with Crippen molar-refractivity contribution in [3.8, 4) is 0 Å². The van der Waals surface area contributed by atoms with E-state index in [0.717, 1.165) is 51.2 Å². The fraction of sp³-hybridized carbons (Fsp3) is 0.900. The molecular weight excluding hydrogens is 300 g/mol. The minimum Gasteiger partial charge on any atom is -0.356 e. The molecule has 24 heavy (non-hydrogen) atoms. The predicted molar refractivity (Wildman–Crippen MR) is 97.6 cm³/mol. The summed E-state index contributed by atoms with van der Waals surface area (Å²) >= 11 is 0. The monoisotopic (exact) mass is 336 g/mol. The summed E-state index contributed by atoms with van der Waals surface area (Å²) in [6.45, 7) is 8.60. The number of likely N-dealkylation sites (tertiary alicyclic amines) is 1. The van der Waals surface area contributed by atoms with Gasteiger partial charge >= 0.3 is 0 Å².